The van der Waals surface area contributed by atoms with Crippen LogP contribution >= 0.6 is 0 Å². The number of sulfonamides is 1. The maximum absolute atomic E-state index is 13.2. The lowest BCUT2D eigenvalue weighted by molar-refractivity contribution is 0.252. The summed E-state index contributed by atoms with van der Waals surface area (Å²) in [7, 11) is -7.03. The van der Waals surface area contributed by atoms with Crippen LogP contribution in [0, 0.1) is 13.8 Å². The molecule has 1 saturated heterocycles. The Morgan fingerprint density at radius 1 is 1.35 bits per heavy atom. The van der Waals surface area contributed by atoms with E-state index in [2.05, 4.69) is 6.58 Å². The van der Waals surface area contributed by atoms with Gasteiger partial charge >= 0.3 is 0 Å². The minimum absolute atomic E-state index is 0.0134. The third-order valence-electron chi connectivity index (χ3n) is 4.29. The number of hydrogen-bond acceptors (Lipinski definition) is 4. The van der Waals surface area contributed by atoms with E-state index in [9.17, 15) is 16.8 Å². The number of sulfone groups is 1. The molecule has 0 bridgehead atoms. The molecule has 0 unspecified atom stereocenters. The second-order valence-corrected chi connectivity index (χ2v) is 10.4. The van der Waals surface area contributed by atoms with Crippen LogP contribution in [0.2, 0.25) is 0 Å². The number of hydrogen-bond donors (Lipinski definition) is 0. The van der Waals surface area contributed by atoms with Gasteiger partial charge in [-0.15, -0.1) is 6.58 Å². The van der Waals surface area contributed by atoms with E-state index in [0.717, 1.165) is 5.56 Å². The molecule has 1 aliphatic rings. The summed E-state index contributed by atoms with van der Waals surface area (Å²) in [6, 6.07) is 5.25. The van der Waals surface area contributed by atoms with Crippen molar-refractivity contribution in [1.82, 2.24) is 4.31 Å². The predicted molar refractivity (Wildman–Crippen MR) is 91.7 cm³/mol. The van der Waals surface area contributed by atoms with Crippen molar-refractivity contribution in [3.63, 3.8) is 0 Å². The highest BCUT2D eigenvalue weighted by atomic mass is 32.2. The van der Waals surface area contributed by atoms with Crippen molar-refractivity contribution < 1.29 is 16.8 Å². The molecule has 7 heteroatoms. The minimum atomic E-state index is -3.81. The van der Waals surface area contributed by atoms with E-state index in [1.165, 1.54) is 10.4 Å². The number of nitrogens with zero attached hydrogens (tertiary/aromatic N) is 1. The van der Waals surface area contributed by atoms with Crippen LogP contribution in [0.4, 0.5) is 0 Å². The van der Waals surface area contributed by atoms with Gasteiger partial charge < -0.3 is 0 Å². The highest BCUT2D eigenvalue weighted by molar-refractivity contribution is 7.92. The zero-order chi connectivity index (χ0) is 17.5. The van der Waals surface area contributed by atoms with Crippen molar-refractivity contribution >= 4 is 19.9 Å². The van der Waals surface area contributed by atoms with Crippen LogP contribution in [0.3, 0.4) is 0 Å². The Kier molecular flexibility index (Phi) is 4.76. The van der Waals surface area contributed by atoms with E-state index in [-0.39, 0.29) is 22.9 Å². The van der Waals surface area contributed by atoms with Gasteiger partial charge in [-0.05, 0) is 44.4 Å². The quantitative estimate of drug-likeness (QED) is 0.756. The molecule has 0 amide bonds. The molecule has 23 heavy (non-hydrogen) atoms. The second-order valence-electron chi connectivity index (χ2n) is 6.43. The van der Waals surface area contributed by atoms with Gasteiger partial charge in [0.15, 0.2) is 9.84 Å². The Morgan fingerprint density at radius 3 is 2.52 bits per heavy atom. The molecule has 0 saturated carbocycles. The minimum Gasteiger partial charge on any atom is -0.229 e. The molecule has 2 rings (SSSR count). The smallest absolute Gasteiger partial charge is 0.229 e. The Bertz CT molecular complexity index is 828. The topological polar surface area (TPSA) is 71.5 Å². The maximum atomic E-state index is 13.2. The van der Waals surface area contributed by atoms with E-state index in [4.69, 9.17) is 0 Å². The predicted octanol–water partition coefficient (Wildman–Crippen LogP) is 2.06. The molecule has 1 aliphatic heterocycles. The van der Waals surface area contributed by atoms with Crippen LogP contribution in [-0.2, 0) is 19.9 Å². The van der Waals surface area contributed by atoms with Gasteiger partial charge in [0.25, 0.3) is 0 Å². The first-order valence-electron chi connectivity index (χ1n) is 7.43. The van der Waals surface area contributed by atoms with E-state index in [0.29, 0.717) is 12.0 Å². The summed E-state index contributed by atoms with van der Waals surface area (Å²) in [6.07, 6.45) is 1.80. The molecule has 1 heterocycles. The Hall–Kier alpha value is -1.18. The van der Waals surface area contributed by atoms with Gasteiger partial charge in [-0.2, -0.15) is 4.31 Å². The van der Waals surface area contributed by atoms with Gasteiger partial charge in [0.2, 0.25) is 10.0 Å². The maximum Gasteiger partial charge on any atom is 0.244 e. The van der Waals surface area contributed by atoms with Crippen LogP contribution < -0.4 is 0 Å². The lowest BCUT2D eigenvalue weighted by Crippen LogP contribution is -2.50. The molecular formula is C16H23NO4S2. The fourth-order valence-corrected chi connectivity index (χ4v) is 7.33. The normalized spacial score (nSPS) is 24.0. The van der Waals surface area contributed by atoms with Crippen molar-refractivity contribution in [3.8, 4) is 0 Å². The fourth-order valence-electron chi connectivity index (χ4n) is 3.02. The number of aryl methyl sites for hydroxylation is 2. The lowest BCUT2D eigenvalue weighted by Gasteiger charge is -2.36. The average Bonchev–Trinajstić information content (AvgIpc) is 2.73. The highest BCUT2D eigenvalue weighted by Gasteiger charge is 2.47. The summed E-state index contributed by atoms with van der Waals surface area (Å²) in [6.45, 7) is 8.99. The summed E-state index contributed by atoms with van der Waals surface area (Å²) < 4.78 is 51.4. The summed E-state index contributed by atoms with van der Waals surface area (Å²) in [5.41, 5.74) is 0.549. The van der Waals surface area contributed by atoms with Crippen LogP contribution in [0.5, 0.6) is 0 Å². The molecule has 0 spiro atoms. The summed E-state index contributed by atoms with van der Waals surface area (Å²) in [4.78, 5) is 0.227. The van der Waals surface area contributed by atoms with Crippen LogP contribution in [-0.4, -0.2) is 44.7 Å². The molecule has 0 aromatic heterocycles. The Balaban J connectivity index is 2.57. The van der Waals surface area contributed by atoms with Crippen molar-refractivity contribution in [2.45, 2.75) is 37.6 Å². The second kappa shape index (κ2) is 6.03. The first kappa shape index (κ1) is 18.2. The monoisotopic (exact) mass is 357 g/mol. The molecule has 0 aliphatic carbocycles. The van der Waals surface area contributed by atoms with Gasteiger partial charge in [0.1, 0.15) is 0 Å². The van der Waals surface area contributed by atoms with E-state index < -0.39 is 25.4 Å². The van der Waals surface area contributed by atoms with Gasteiger partial charge in [-0.1, -0.05) is 18.2 Å². The molecule has 0 N–H and O–H groups in total. The van der Waals surface area contributed by atoms with E-state index >= 15 is 0 Å². The van der Waals surface area contributed by atoms with Gasteiger partial charge in [0, 0.05) is 12.1 Å². The SMILES string of the molecule is C=CCN([C@@]1(C)CCS(=O)(=O)C1)S(=O)(=O)c1cc(C)ccc1C. The molecule has 1 aromatic rings. The molecule has 0 radical (unpaired) electrons. The third kappa shape index (κ3) is 3.51. The molecule has 1 aromatic carbocycles. The molecule has 128 valence electrons. The van der Waals surface area contributed by atoms with Gasteiger partial charge in [0.05, 0.1) is 16.4 Å². The first-order valence-corrected chi connectivity index (χ1v) is 10.7. The van der Waals surface area contributed by atoms with Crippen LogP contribution in [0.25, 0.3) is 0 Å². The first-order chi connectivity index (χ1) is 10.5. The van der Waals surface area contributed by atoms with Crippen molar-refractivity contribution in [1.29, 1.82) is 0 Å². The summed E-state index contributed by atoms with van der Waals surface area (Å²) >= 11 is 0. The van der Waals surface area contributed by atoms with Crippen molar-refractivity contribution in [2.24, 2.45) is 0 Å². The Morgan fingerprint density at radius 2 is 2.00 bits per heavy atom. The lowest BCUT2D eigenvalue weighted by atomic mass is 10.0. The zero-order valence-electron chi connectivity index (χ0n) is 13.7. The molecular weight excluding hydrogens is 334 g/mol. The molecule has 1 atom stereocenters. The largest absolute Gasteiger partial charge is 0.244 e. The van der Waals surface area contributed by atoms with Gasteiger partial charge in [-0.3, -0.25) is 0 Å². The standard InChI is InChI=1S/C16H23NO4S2/c1-5-9-17(16(4)8-10-22(18,19)12-16)23(20,21)15-11-13(2)6-7-14(15)3/h5-7,11H,1,8-10,12H2,2-4H3/t16-/m0/s1. The zero-order valence-corrected chi connectivity index (χ0v) is 15.4. The molecule has 1 fully saturated rings. The number of rotatable bonds is 5. The Labute approximate surface area is 139 Å². The van der Waals surface area contributed by atoms with Crippen molar-refractivity contribution in [3.05, 3.63) is 42.0 Å². The summed E-state index contributed by atoms with van der Waals surface area (Å²) in [5, 5.41) is 0. The number of benzene rings is 1. The molecule has 5 nitrogen and oxygen atoms in total. The van der Waals surface area contributed by atoms with E-state index in [1.54, 1.807) is 26.0 Å². The van der Waals surface area contributed by atoms with Crippen LogP contribution in [0.1, 0.15) is 24.5 Å². The average molecular weight is 357 g/mol. The fraction of sp³-hybridized carbons (Fsp3) is 0.500. The third-order valence-corrected chi connectivity index (χ3v) is 8.34. The van der Waals surface area contributed by atoms with Crippen LogP contribution in [0.15, 0.2) is 35.7 Å². The van der Waals surface area contributed by atoms with E-state index in [1.807, 2.05) is 13.0 Å². The summed E-state index contributed by atoms with van der Waals surface area (Å²) in [5.74, 6) is -0.141. The van der Waals surface area contributed by atoms with Crippen molar-refractivity contribution in [2.75, 3.05) is 18.1 Å². The van der Waals surface area contributed by atoms with Gasteiger partial charge in [-0.25, -0.2) is 16.8 Å². The highest BCUT2D eigenvalue weighted by Crippen LogP contribution is 2.34.